The van der Waals surface area contributed by atoms with Gasteiger partial charge in [-0.1, -0.05) is 61.9 Å². The second-order valence-electron chi connectivity index (χ2n) is 8.02. The molecule has 1 saturated carbocycles. The van der Waals surface area contributed by atoms with Crippen LogP contribution in [0.1, 0.15) is 39.5 Å². The monoisotopic (exact) mass is 421 g/mol. The molecule has 1 N–H and O–H groups in total. The lowest BCUT2D eigenvalue weighted by atomic mass is 9.86. The Bertz CT molecular complexity index is 1100. The van der Waals surface area contributed by atoms with Gasteiger partial charge < -0.3 is 5.32 Å². The lowest BCUT2D eigenvalue weighted by Crippen LogP contribution is -2.44. The van der Waals surface area contributed by atoms with E-state index in [9.17, 15) is 9.59 Å². The molecule has 156 valence electrons. The maximum atomic E-state index is 13.3. The summed E-state index contributed by atoms with van der Waals surface area (Å²) in [6, 6.07) is 17.0. The molecule has 1 amide bonds. The van der Waals surface area contributed by atoms with Crippen molar-refractivity contribution in [1.82, 2.24) is 14.9 Å². The SMILES string of the molecule is CC(Sc1nc2ccccc2c(=O)n1-c1ccccc1)C(=O)NC1CCCCC1C. The standard InChI is InChI=1S/C24H27N3O2S/c1-16-10-6-8-14-20(16)25-22(28)17(2)30-24-26-21-15-9-7-13-19(21)23(29)27(24)18-11-4-3-5-12-18/h3-5,7,9,11-13,15-17,20H,6,8,10,14H2,1-2H3,(H,25,28). The second kappa shape index (κ2) is 9.04. The van der Waals surface area contributed by atoms with E-state index >= 15 is 0 Å². The fourth-order valence-electron chi connectivity index (χ4n) is 4.04. The molecule has 1 aliphatic carbocycles. The third kappa shape index (κ3) is 4.29. The average molecular weight is 422 g/mol. The Balaban J connectivity index is 1.66. The molecule has 5 nitrogen and oxygen atoms in total. The van der Waals surface area contributed by atoms with Crippen LogP contribution >= 0.6 is 11.8 Å². The van der Waals surface area contributed by atoms with Crippen LogP contribution in [0.5, 0.6) is 0 Å². The number of amides is 1. The molecule has 0 aliphatic heterocycles. The van der Waals surface area contributed by atoms with E-state index in [1.165, 1.54) is 18.2 Å². The summed E-state index contributed by atoms with van der Waals surface area (Å²) >= 11 is 1.33. The Hall–Kier alpha value is -2.60. The Morgan fingerprint density at radius 2 is 1.80 bits per heavy atom. The van der Waals surface area contributed by atoms with Crippen LogP contribution in [0.15, 0.2) is 64.5 Å². The van der Waals surface area contributed by atoms with Crippen LogP contribution in [0, 0.1) is 5.92 Å². The highest BCUT2D eigenvalue weighted by molar-refractivity contribution is 8.00. The zero-order valence-electron chi connectivity index (χ0n) is 17.4. The quantitative estimate of drug-likeness (QED) is 0.484. The molecular weight excluding hydrogens is 394 g/mol. The molecule has 3 aromatic rings. The number of para-hydroxylation sites is 2. The fraction of sp³-hybridized carbons (Fsp3) is 0.375. The number of aromatic nitrogens is 2. The summed E-state index contributed by atoms with van der Waals surface area (Å²) in [6.45, 7) is 4.09. The van der Waals surface area contributed by atoms with Gasteiger partial charge in [-0.25, -0.2) is 4.98 Å². The zero-order chi connectivity index (χ0) is 21.1. The molecule has 6 heteroatoms. The Kier molecular flexibility index (Phi) is 6.23. The normalized spacial score (nSPS) is 20.1. The van der Waals surface area contributed by atoms with E-state index in [1.807, 2.05) is 55.5 Å². The summed E-state index contributed by atoms with van der Waals surface area (Å²) in [4.78, 5) is 30.9. The minimum atomic E-state index is -0.359. The van der Waals surface area contributed by atoms with Gasteiger partial charge in [0.05, 0.1) is 21.8 Å². The van der Waals surface area contributed by atoms with Gasteiger partial charge >= 0.3 is 0 Å². The molecule has 3 atom stereocenters. The van der Waals surface area contributed by atoms with Gasteiger partial charge in [0.25, 0.3) is 5.56 Å². The maximum absolute atomic E-state index is 13.3. The van der Waals surface area contributed by atoms with Gasteiger partial charge in [0.2, 0.25) is 5.91 Å². The molecule has 0 radical (unpaired) electrons. The molecule has 2 aromatic carbocycles. The molecule has 1 heterocycles. The third-order valence-corrected chi connectivity index (χ3v) is 6.90. The number of fused-ring (bicyclic) bond motifs is 1. The molecule has 0 saturated heterocycles. The van der Waals surface area contributed by atoms with Gasteiger partial charge in [0.1, 0.15) is 0 Å². The molecule has 1 aromatic heterocycles. The van der Waals surface area contributed by atoms with Crippen molar-refractivity contribution in [3.63, 3.8) is 0 Å². The van der Waals surface area contributed by atoms with Gasteiger partial charge in [-0.15, -0.1) is 0 Å². The van der Waals surface area contributed by atoms with Gasteiger partial charge in [0.15, 0.2) is 5.16 Å². The van der Waals surface area contributed by atoms with Crippen molar-refractivity contribution in [2.24, 2.45) is 5.92 Å². The lowest BCUT2D eigenvalue weighted by molar-refractivity contribution is -0.121. The van der Waals surface area contributed by atoms with Crippen molar-refractivity contribution in [1.29, 1.82) is 0 Å². The summed E-state index contributed by atoms with van der Waals surface area (Å²) in [5.41, 5.74) is 1.27. The van der Waals surface area contributed by atoms with Crippen LogP contribution < -0.4 is 10.9 Å². The van der Waals surface area contributed by atoms with Crippen LogP contribution in [-0.2, 0) is 4.79 Å². The van der Waals surface area contributed by atoms with Crippen molar-refractivity contribution in [3.8, 4) is 5.69 Å². The average Bonchev–Trinajstić information content (AvgIpc) is 2.76. The highest BCUT2D eigenvalue weighted by Gasteiger charge is 2.26. The molecule has 30 heavy (non-hydrogen) atoms. The molecule has 3 unspecified atom stereocenters. The molecular formula is C24H27N3O2S. The lowest BCUT2D eigenvalue weighted by Gasteiger charge is -2.30. The highest BCUT2D eigenvalue weighted by atomic mass is 32.2. The smallest absolute Gasteiger partial charge is 0.266 e. The van der Waals surface area contributed by atoms with E-state index in [2.05, 4.69) is 12.2 Å². The first-order valence-corrected chi connectivity index (χ1v) is 11.5. The van der Waals surface area contributed by atoms with Crippen molar-refractivity contribution in [2.45, 2.75) is 56.0 Å². The van der Waals surface area contributed by atoms with Gasteiger partial charge in [-0.3, -0.25) is 14.2 Å². The van der Waals surface area contributed by atoms with Crippen LogP contribution in [0.3, 0.4) is 0 Å². The van der Waals surface area contributed by atoms with E-state index in [0.717, 1.165) is 24.9 Å². The van der Waals surface area contributed by atoms with Crippen LogP contribution in [0.2, 0.25) is 0 Å². The number of nitrogens with zero attached hydrogens (tertiary/aromatic N) is 2. The first kappa shape index (κ1) is 20.7. The maximum Gasteiger partial charge on any atom is 0.266 e. The Morgan fingerprint density at radius 1 is 1.10 bits per heavy atom. The summed E-state index contributed by atoms with van der Waals surface area (Å²) < 4.78 is 1.61. The summed E-state index contributed by atoms with van der Waals surface area (Å²) in [5.74, 6) is 0.502. The van der Waals surface area contributed by atoms with Crippen molar-refractivity contribution < 1.29 is 4.79 Å². The molecule has 0 bridgehead atoms. The first-order valence-electron chi connectivity index (χ1n) is 10.6. The largest absolute Gasteiger partial charge is 0.352 e. The predicted octanol–water partition coefficient (Wildman–Crippen LogP) is 4.56. The first-order chi connectivity index (χ1) is 14.5. The number of nitrogens with one attached hydrogen (secondary N) is 1. The number of carbonyl (C=O) groups excluding carboxylic acids is 1. The van der Waals surface area contributed by atoms with Crippen LogP contribution in [-0.4, -0.2) is 26.8 Å². The van der Waals surface area contributed by atoms with Crippen molar-refractivity contribution >= 4 is 28.6 Å². The van der Waals surface area contributed by atoms with Gasteiger partial charge in [-0.05, 0) is 49.9 Å². The summed E-state index contributed by atoms with van der Waals surface area (Å²) in [5, 5.41) is 3.97. The molecule has 1 fully saturated rings. The van der Waals surface area contributed by atoms with E-state index in [1.54, 1.807) is 10.6 Å². The molecule has 1 aliphatic rings. The van der Waals surface area contributed by atoms with Gasteiger partial charge in [-0.2, -0.15) is 0 Å². The molecule has 4 rings (SSSR count). The second-order valence-corrected chi connectivity index (χ2v) is 9.33. The van der Waals surface area contributed by atoms with Crippen molar-refractivity contribution in [3.05, 3.63) is 65.0 Å². The Morgan fingerprint density at radius 3 is 2.57 bits per heavy atom. The summed E-state index contributed by atoms with van der Waals surface area (Å²) in [6.07, 6.45) is 4.60. The van der Waals surface area contributed by atoms with Crippen molar-refractivity contribution in [2.75, 3.05) is 0 Å². The predicted molar refractivity (Wildman–Crippen MR) is 122 cm³/mol. The Labute approximate surface area is 180 Å². The fourth-order valence-corrected chi connectivity index (χ4v) is 4.97. The van der Waals surface area contributed by atoms with E-state index in [-0.39, 0.29) is 22.8 Å². The topological polar surface area (TPSA) is 64.0 Å². The third-order valence-electron chi connectivity index (χ3n) is 5.85. The number of hydrogen-bond acceptors (Lipinski definition) is 4. The summed E-state index contributed by atoms with van der Waals surface area (Å²) in [7, 11) is 0. The number of thioether (sulfide) groups is 1. The van der Waals surface area contributed by atoms with E-state index in [0.29, 0.717) is 22.0 Å². The highest BCUT2D eigenvalue weighted by Crippen LogP contribution is 2.27. The number of rotatable bonds is 5. The minimum Gasteiger partial charge on any atom is -0.352 e. The van der Waals surface area contributed by atoms with E-state index < -0.39 is 0 Å². The molecule has 0 spiro atoms. The minimum absolute atomic E-state index is 0.000712. The number of benzene rings is 2. The number of hydrogen-bond donors (Lipinski definition) is 1. The van der Waals surface area contributed by atoms with E-state index in [4.69, 9.17) is 4.98 Å². The number of carbonyl (C=O) groups is 1. The zero-order valence-corrected chi connectivity index (χ0v) is 18.2. The van der Waals surface area contributed by atoms with Gasteiger partial charge in [0, 0.05) is 6.04 Å². The van der Waals surface area contributed by atoms with Crippen LogP contribution in [0.25, 0.3) is 16.6 Å². The van der Waals surface area contributed by atoms with Crippen LogP contribution in [0.4, 0.5) is 0 Å².